The van der Waals surface area contributed by atoms with Gasteiger partial charge in [0.05, 0.1) is 5.60 Å². The molecule has 2 heteroatoms. The van der Waals surface area contributed by atoms with Crippen molar-refractivity contribution < 1.29 is 5.11 Å². The van der Waals surface area contributed by atoms with Crippen LogP contribution in [0.15, 0.2) is 24.3 Å². The van der Waals surface area contributed by atoms with Gasteiger partial charge in [-0.05, 0) is 49.1 Å². The van der Waals surface area contributed by atoms with Gasteiger partial charge in [-0.3, -0.25) is 0 Å². The molecule has 0 heterocycles. The normalized spacial score (nSPS) is 29.8. The van der Waals surface area contributed by atoms with E-state index in [0.29, 0.717) is 0 Å². The topological polar surface area (TPSA) is 46.2 Å². The van der Waals surface area contributed by atoms with Crippen molar-refractivity contribution in [1.82, 2.24) is 0 Å². The van der Waals surface area contributed by atoms with Crippen molar-refractivity contribution in [1.29, 1.82) is 0 Å². The van der Waals surface area contributed by atoms with Crippen LogP contribution in [0.1, 0.15) is 114 Å². The van der Waals surface area contributed by atoms with Crippen LogP contribution in [0.4, 0.5) is 0 Å². The lowest BCUT2D eigenvalue weighted by Gasteiger charge is -2.34. The van der Waals surface area contributed by atoms with E-state index in [9.17, 15) is 5.11 Å². The highest BCUT2D eigenvalue weighted by Gasteiger charge is 2.30. The highest BCUT2D eigenvalue weighted by atomic mass is 16.3. The highest BCUT2D eigenvalue weighted by Crippen LogP contribution is 2.36. The fourth-order valence-electron chi connectivity index (χ4n) is 5.55. The third-order valence-corrected chi connectivity index (χ3v) is 7.66. The second kappa shape index (κ2) is 10.3. The van der Waals surface area contributed by atoms with Crippen LogP contribution in [-0.4, -0.2) is 10.7 Å². The zero-order valence-corrected chi connectivity index (χ0v) is 18.2. The minimum atomic E-state index is -0.513. The number of hydrogen-bond donors (Lipinski definition) is 2. The Bertz CT molecular complexity index is 571. The highest BCUT2D eigenvalue weighted by molar-refractivity contribution is 5.29. The van der Waals surface area contributed by atoms with Crippen molar-refractivity contribution in [3.63, 3.8) is 0 Å². The maximum atomic E-state index is 11.2. The van der Waals surface area contributed by atoms with Gasteiger partial charge in [0, 0.05) is 12.0 Å². The van der Waals surface area contributed by atoms with E-state index in [-0.39, 0.29) is 5.54 Å². The molecule has 2 atom stereocenters. The molecule has 2 unspecified atom stereocenters. The Morgan fingerprint density at radius 2 is 1.43 bits per heavy atom. The monoisotopic (exact) mass is 385 g/mol. The fraction of sp³-hybridized carbons (Fsp3) is 0.769. The minimum Gasteiger partial charge on any atom is -0.390 e. The van der Waals surface area contributed by atoms with Crippen molar-refractivity contribution in [2.24, 2.45) is 11.7 Å². The van der Waals surface area contributed by atoms with E-state index >= 15 is 0 Å². The summed E-state index contributed by atoms with van der Waals surface area (Å²) in [5, 5.41) is 11.2. The van der Waals surface area contributed by atoms with E-state index in [0.717, 1.165) is 38.0 Å². The molecule has 158 valence electrons. The van der Waals surface area contributed by atoms with Gasteiger partial charge in [0.15, 0.2) is 0 Å². The molecule has 3 rings (SSSR count). The third kappa shape index (κ3) is 6.07. The van der Waals surface area contributed by atoms with E-state index in [4.69, 9.17) is 5.73 Å². The Hall–Kier alpha value is -0.860. The molecule has 28 heavy (non-hydrogen) atoms. The summed E-state index contributed by atoms with van der Waals surface area (Å²) >= 11 is 0. The molecular weight excluding hydrogens is 342 g/mol. The van der Waals surface area contributed by atoms with Gasteiger partial charge in [0.1, 0.15) is 0 Å². The van der Waals surface area contributed by atoms with E-state index in [2.05, 4.69) is 31.2 Å². The predicted molar refractivity (Wildman–Crippen MR) is 119 cm³/mol. The summed E-state index contributed by atoms with van der Waals surface area (Å²) in [4.78, 5) is 0. The first-order valence-electron chi connectivity index (χ1n) is 12.1. The van der Waals surface area contributed by atoms with Crippen LogP contribution in [0.3, 0.4) is 0 Å². The quantitative estimate of drug-likeness (QED) is 0.611. The Morgan fingerprint density at radius 1 is 0.821 bits per heavy atom. The van der Waals surface area contributed by atoms with Gasteiger partial charge in [-0.15, -0.1) is 0 Å². The molecule has 1 aromatic rings. The molecule has 2 fully saturated rings. The summed E-state index contributed by atoms with van der Waals surface area (Å²) in [5.41, 5.74) is 8.82. The summed E-state index contributed by atoms with van der Waals surface area (Å²) in [6.45, 7) is 2.32. The molecule has 3 N–H and O–H groups in total. The zero-order chi connectivity index (χ0) is 19.9. The third-order valence-electron chi connectivity index (χ3n) is 7.66. The molecule has 2 aliphatic rings. The summed E-state index contributed by atoms with van der Waals surface area (Å²) < 4.78 is 0. The molecule has 0 radical (unpaired) electrons. The molecule has 0 aliphatic heterocycles. The molecule has 0 amide bonds. The Balaban J connectivity index is 1.66. The maximum Gasteiger partial charge on any atom is 0.0688 e. The second-order valence-electron chi connectivity index (χ2n) is 9.93. The van der Waals surface area contributed by atoms with Gasteiger partial charge in [-0.2, -0.15) is 0 Å². The van der Waals surface area contributed by atoms with Crippen LogP contribution in [0, 0.1) is 5.92 Å². The Morgan fingerprint density at radius 3 is 2.07 bits per heavy atom. The molecular formula is C26H43NO. The summed E-state index contributed by atoms with van der Waals surface area (Å²) in [5.74, 6) is 0.847. The Labute approximate surface area is 173 Å². The van der Waals surface area contributed by atoms with Crippen LogP contribution < -0.4 is 5.73 Å². The van der Waals surface area contributed by atoms with Gasteiger partial charge in [-0.25, -0.2) is 0 Å². The smallest absolute Gasteiger partial charge is 0.0688 e. The van der Waals surface area contributed by atoms with Crippen molar-refractivity contribution in [3.8, 4) is 0 Å². The van der Waals surface area contributed by atoms with E-state index in [1.807, 2.05) is 0 Å². The largest absolute Gasteiger partial charge is 0.390 e. The summed E-state index contributed by atoms with van der Waals surface area (Å²) in [7, 11) is 0. The first kappa shape index (κ1) is 21.8. The molecule has 0 saturated heterocycles. The Kier molecular flexibility index (Phi) is 8.00. The number of rotatable bonds is 4. The lowest BCUT2D eigenvalue weighted by Crippen LogP contribution is -2.38. The molecule has 0 spiro atoms. The van der Waals surface area contributed by atoms with E-state index in [1.54, 1.807) is 0 Å². The van der Waals surface area contributed by atoms with Crippen molar-refractivity contribution in [2.75, 3.05) is 0 Å². The number of nitrogens with two attached hydrogens (primary N) is 1. The molecule has 0 bridgehead atoms. The van der Waals surface area contributed by atoms with Gasteiger partial charge < -0.3 is 10.8 Å². The van der Waals surface area contributed by atoms with E-state index in [1.165, 1.54) is 81.8 Å². The average molecular weight is 386 g/mol. The number of benzene rings is 1. The zero-order valence-electron chi connectivity index (χ0n) is 18.2. The molecule has 2 saturated carbocycles. The molecule has 1 aromatic carbocycles. The van der Waals surface area contributed by atoms with Gasteiger partial charge >= 0.3 is 0 Å². The van der Waals surface area contributed by atoms with Crippen molar-refractivity contribution in [3.05, 3.63) is 35.4 Å². The van der Waals surface area contributed by atoms with Crippen LogP contribution >= 0.6 is 0 Å². The average Bonchev–Trinajstić information content (AvgIpc) is 2.78. The lowest BCUT2D eigenvalue weighted by molar-refractivity contribution is 0.0198. The standard InChI is InChI=1S/C26H43NO/c1-2-22-11-7-10-19-26(27,20-16-22)24-14-12-23(13-15-24)21-25(28)17-8-5-3-4-6-9-18-25/h12-15,22,28H,2-11,16-21,27H2,1H3. The predicted octanol–water partition coefficient (Wildman–Crippen LogP) is 6.63. The molecule has 0 aromatic heterocycles. The molecule has 2 nitrogen and oxygen atoms in total. The number of aliphatic hydroxyl groups is 1. The van der Waals surface area contributed by atoms with Crippen molar-refractivity contribution in [2.45, 2.75) is 121 Å². The van der Waals surface area contributed by atoms with Gasteiger partial charge in [0.25, 0.3) is 0 Å². The minimum absolute atomic E-state index is 0.165. The fourth-order valence-corrected chi connectivity index (χ4v) is 5.55. The number of hydrogen-bond acceptors (Lipinski definition) is 2. The van der Waals surface area contributed by atoms with E-state index < -0.39 is 5.60 Å². The van der Waals surface area contributed by atoms with Gasteiger partial charge in [0.2, 0.25) is 0 Å². The lowest BCUT2D eigenvalue weighted by atomic mass is 9.76. The van der Waals surface area contributed by atoms with Crippen LogP contribution in [-0.2, 0) is 12.0 Å². The first-order chi connectivity index (χ1) is 13.5. The second-order valence-corrected chi connectivity index (χ2v) is 9.93. The SMILES string of the molecule is CCC1CCCCC(N)(c2ccc(CC3(O)CCCCCCCC3)cc2)CC1. The van der Waals surface area contributed by atoms with Gasteiger partial charge in [-0.1, -0.05) is 95.4 Å². The van der Waals surface area contributed by atoms with Crippen LogP contribution in [0.5, 0.6) is 0 Å². The summed E-state index contributed by atoms with van der Waals surface area (Å²) in [6, 6.07) is 9.00. The van der Waals surface area contributed by atoms with Crippen LogP contribution in [0.25, 0.3) is 0 Å². The maximum absolute atomic E-state index is 11.2. The summed E-state index contributed by atoms with van der Waals surface area (Å²) in [6.07, 6.45) is 18.9. The molecule has 2 aliphatic carbocycles. The van der Waals surface area contributed by atoms with Crippen LogP contribution in [0.2, 0.25) is 0 Å². The van der Waals surface area contributed by atoms with Crippen molar-refractivity contribution >= 4 is 0 Å². The first-order valence-corrected chi connectivity index (χ1v) is 12.1.